The first-order valence-corrected chi connectivity index (χ1v) is 4.74. The van der Waals surface area contributed by atoms with E-state index in [1.165, 1.54) is 0 Å². The summed E-state index contributed by atoms with van der Waals surface area (Å²) in [5.74, 6) is 0.851. The van der Waals surface area contributed by atoms with E-state index in [0.717, 1.165) is 23.7 Å². The Hall–Kier alpha value is -1.97. The molecule has 0 atom stereocenters. The fourth-order valence-corrected chi connectivity index (χ4v) is 1.31. The molecule has 0 aliphatic carbocycles. The molecule has 4 heteroatoms. The van der Waals surface area contributed by atoms with E-state index in [9.17, 15) is 0 Å². The molecular weight excluding hydrogens is 190 g/mol. The molecule has 1 aromatic carbocycles. The van der Waals surface area contributed by atoms with Crippen molar-refractivity contribution in [3.63, 3.8) is 0 Å². The zero-order valence-corrected chi connectivity index (χ0v) is 8.53. The van der Waals surface area contributed by atoms with Crippen LogP contribution >= 0.6 is 0 Å². The van der Waals surface area contributed by atoms with Gasteiger partial charge in [0.05, 0.1) is 19.3 Å². The van der Waals surface area contributed by atoms with E-state index in [1.54, 1.807) is 13.3 Å². The van der Waals surface area contributed by atoms with Crippen LogP contribution in [0.2, 0.25) is 0 Å². The molecular formula is C11H13N3O. The molecule has 2 rings (SSSR count). The minimum atomic E-state index is 0.729. The lowest BCUT2D eigenvalue weighted by Gasteiger charge is -2.06. The summed E-state index contributed by atoms with van der Waals surface area (Å²) in [5.41, 5.74) is 2.08. The molecule has 1 aromatic heterocycles. The number of ether oxygens (including phenoxy) is 1. The van der Waals surface area contributed by atoms with Crippen molar-refractivity contribution in [1.82, 2.24) is 10.2 Å². The zero-order valence-electron chi connectivity index (χ0n) is 8.53. The number of hydrogen-bond acceptors (Lipinski definition) is 3. The third kappa shape index (κ3) is 2.49. The highest BCUT2D eigenvalue weighted by Gasteiger charge is 1.96. The van der Waals surface area contributed by atoms with E-state index in [2.05, 4.69) is 15.5 Å². The number of rotatable bonds is 4. The van der Waals surface area contributed by atoms with Gasteiger partial charge in [-0.2, -0.15) is 5.10 Å². The highest BCUT2D eigenvalue weighted by molar-refractivity contribution is 5.48. The summed E-state index contributed by atoms with van der Waals surface area (Å²) in [6.45, 7) is 0.729. The van der Waals surface area contributed by atoms with E-state index < -0.39 is 0 Å². The Kier molecular flexibility index (Phi) is 2.88. The second-order valence-corrected chi connectivity index (χ2v) is 3.17. The van der Waals surface area contributed by atoms with Gasteiger partial charge in [-0.05, 0) is 18.2 Å². The van der Waals surface area contributed by atoms with Crippen molar-refractivity contribution in [2.24, 2.45) is 0 Å². The summed E-state index contributed by atoms with van der Waals surface area (Å²) in [5, 5.41) is 10.0. The second-order valence-electron chi connectivity index (χ2n) is 3.17. The topological polar surface area (TPSA) is 49.9 Å². The van der Waals surface area contributed by atoms with Crippen LogP contribution in [-0.2, 0) is 6.54 Å². The Morgan fingerprint density at radius 2 is 2.33 bits per heavy atom. The van der Waals surface area contributed by atoms with Gasteiger partial charge < -0.3 is 10.1 Å². The summed E-state index contributed by atoms with van der Waals surface area (Å²) in [6, 6.07) is 9.76. The first-order chi connectivity index (χ1) is 7.38. The molecule has 15 heavy (non-hydrogen) atoms. The molecule has 0 spiro atoms. The normalized spacial score (nSPS) is 9.93. The number of benzene rings is 1. The third-order valence-corrected chi connectivity index (χ3v) is 2.11. The van der Waals surface area contributed by atoms with Crippen LogP contribution in [0.15, 0.2) is 36.5 Å². The average Bonchev–Trinajstić information content (AvgIpc) is 2.79. The van der Waals surface area contributed by atoms with Crippen LogP contribution in [0, 0.1) is 0 Å². The lowest BCUT2D eigenvalue weighted by atomic mass is 10.3. The van der Waals surface area contributed by atoms with Crippen LogP contribution in [0.1, 0.15) is 5.69 Å². The first-order valence-electron chi connectivity index (χ1n) is 4.74. The van der Waals surface area contributed by atoms with Crippen LogP contribution in [0.3, 0.4) is 0 Å². The first kappa shape index (κ1) is 9.58. The van der Waals surface area contributed by atoms with Crippen molar-refractivity contribution in [3.05, 3.63) is 42.2 Å². The largest absolute Gasteiger partial charge is 0.497 e. The third-order valence-electron chi connectivity index (χ3n) is 2.11. The van der Waals surface area contributed by atoms with Crippen LogP contribution in [-0.4, -0.2) is 17.3 Å². The van der Waals surface area contributed by atoms with Crippen LogP contribution in [0.5, 0.6) is 5.75 Å². The van der Waals surface area contributed by atoms with Crippen molar-refractivity contribution in [3.8, 4) is 5.75 Å². The van der Waals surface area contributed by atoms with Gasteiger partial charge in [0, 0.05) is 18.0 Å². The summed E-state index contributed by atoms with van der Waals surface area (Å²) in [6.07, 6.45) is 1.74. The molecule has 0 aliphatic heterocycles. The van der Waals surface area contributed by atoms with Crippen molar-refractivity contribution < 1.29 is 4.74 Å². The molecule has 2 N–H and O–H groups in total. The fourth-order valence-electron chi connectivity index (χ4n) is 1.31. The highest BCUT2D eigenvalue weighted by atomic mass is 16.5. The summed E-state index contributed by atoms with van der Waals surface area (Å²) in [4.78, 5) is 0. The Labute approximate surface area is 88.3 Å². The maximum Gasteiger partial charge on any atom is 0.120 e. The lowest BCUT2D eigenvalue weighted by molar-refractivity contribution is 0.415. The minimum Gasteiger partial charge on any atom is -0.497 e. The monoisotopic (exact) mass is 203 g/mol. The average molecular weight is 203 g/mol. The predicted octanol–water partition coefficient (Wildman–Crippen LogP) is 2.03. The van der Waals surface area contributed by atoms with E-state index in [4.69, 9.17) is 4.74 Å². The van der Waals surface area contributed by atoms with Gasteiger partial charge in [0.2, 0.25) is 0 Å². The van der Waals surface area contributed by atoms with Crippen LogP contribution in [0.4, 0.5) is 5.69 Å². The van der Waals surface area contributed by atoms with Crippen molar-refractivity contribution >= 4 is 5.69 Å². The van der Waals surface area contributed by atoms with Gasteiger partial charge in [-0.3, -0.25) is 5.10 Å². The summed E-state index contributed by atoms with van der Waals surface area (Å²) >= 11 is 0. The fraction of sp³-hybridized carbons (Fsp3) is 0.182. The molecule has 1 heterocycles. The van der Waals surface area contributed by atoms with Gasteiger partial charge in [-0.1, -0.05) is 6.07 Å². The van der Waals surface area contributed by atoms with E-state index in [1.807, 2.05) is 30.3 Å². The molecule has 0 amide bonds. The molecule has 0 saturated heterocycles. The van der Waals surface area contributed by atoms with Gasteiger partial charge in [0.25, 0.3) is 0 Å². The SMILES string of the molecule is COc1cccc(NCc2ccn[nH]2)c1. The van der Waals surface area contributed by atoms with E-state index in [0.29, 0.717) is 0 Å². The molecule has 2 aromatic rings. The van der Waals surface area contributed by atoms with Crippen molar-refractivity contribution in [2.45, 2.75) is 6.54 Å². The Bertz CT molecular complexity index is 412. The van der Waals surface area contributed by atoms with E-state index in [-0.39, 0.29) is 0 Å². The summed E-state index contributed by atoms with van der Waals surface area (Å²) in [7, 11) is 1.66. The number of aromatic nitrogens is 2. The van der Waals surface area contributed by atoms with Crippen molar-refractivity contribution in [1.29, 1.82) is 0 Å². The molecule has 4 nitrogen and oxygen atoms in total. The predicted molar refractivity (Wildman–Crippen MR) is 58.9 cm³/mol. The highest BCUT2D eigenvalue weighted by Crippen LogP contribution is 2.16. The van der Waals surface area contributed by atoms with Gasteiger partial charge in [0.1, 0.15) is 5.75 Å². The molecule has 0 saturated carbocycles. The maximum atomic E-state index is 5.13. The van der Waals surface area contributed by atoms with Gasteiger partial charge in [-0.25, -0.2) is 0 Å². The summed E-state index contributed by atoms with van der Waals surface area (Å²) < 4.78 is 5.13. The van der Waals surface area contributed by atoms with Crippen LogP contribution in [0.25, 0.3) is 0 Å². The molecule has 0 aliphatic rings. The Balaban J connectivity index is 1.98. The van der Waals surface area contributed by atoms with Crippen LogP contribution < -0.4 is 10.1 Å². The number of H-pyrrole nitrogens is 1. The molecule has 0 radical (unpaired) electrons. The minimum absolute atomic E-state index is 0.729. The number of anilines is 1. The molecule has 0 bridgehead atoms. The molecule has 0 fully saturated rings. The smallest absolute Gasteiger partial charge is 0.120 e. The maximum absolute atomic E-state index is 5.13. The Morgan fingerprint density at radius 1 is 1.40 bits per heavy atom. The number of methoxy groups -OCH3 is 1. The van der Waals surface area contributed by atoms with Gasteiger partial charge in [0.15, 0.2) is 0 Å². The van der Waals surface area contributed by atoms with Gasteiger partial charge >= 0.3 is 0 Å². The molecule has 0 unspecified atom stereocenters. The number of nitrogens with one attached hydrogen (secondary N) is 2. The quantitative estimate of drug-likeness (QED) is 0.799. The second kappa shape index (κ2) is 4.50. The van der Waals surface area contributed by atoms with Gasteiger partial charge in [-0.15, -0.1) is 0 Å². The molecule has 78 valence electrons. The standard InChI is InChI=1S/C11H13N3O/c1-15-11-4-2-3-9(7-11)12-8-10-5-6-13-14-10/h2-7,12H,8H2,1H3,(H,13,14). The number of nitrogens with zero attached hydrogens (tertiary/aromatic N) is 1. The Morgan fingerprint density at radius 3 is 3.07 bits per heavy atom. The van der Waals surface area contributed by atoms with E-state index >= 15 is 0 Å². The number of hydrogen-bond donors (Lipinski definition) is 2. The van der Waals surface area contributed by atoms with Crippen molar-refractivity contribution in [2.75, 3.05) is 12.4 Å². The zero-order chi connectivity index (χ0) is 10.5. The number of aromatic amines is 1. The lowest BCUT2D eigenvalue weighted by Crippen LogP contribution is -1.99.